The van der Waals surface area contributed by atoms with Crippen LogP contribution in [0.1, 0.15) is 44.9 Å². The maximum Gasteiger partial charge on any atom is 0.306 e. The number of nitrogens with one attached hydrogen (secondary N) is 1. The lowest BCUT2D eigenvalue weighted by Crippen LogP contribution is -2.50. The van der Waals surface area contributed by atoms with Gasteiger partial charge in [0.2, 0.25) is 11.8 Å². The van der Waals surface area contributed by atoms with Gasteiger partial charge < -0.3 is 15.3 Å². The third-order valence-corrected chi connectivity index (χ3v) is 6.27. The molecule has 2 bridgehead atoms. The molecule has 2 N–H and O–H groups in total. The molecule has 126 valence electrons. The summed E-state index contributed by atoms with van der Waals surface area (Å²) in [7, 11) is 0. The summed E-state index contributed by atoms with van der Waals surface area (Å²) >= 11 is 0. The van der Waals surface area contributed by atoms with Gasteiger partial charge in [0.1, 0.15) is 6.04 Å². The third kappa shape index (κ3) is 2.62. The summed E-state index contributed by atoms with van der Waals surface area (Å²) in [5.41, 5.74) is 0. The topological polar surface area (TPSA) is 86.7 Å². The van der Waals surface area contributed by atoms with Gasteiger partial charge in [0.05, 0.1) is 5.92 Å². The second-order valence-corrected chi connectivity index (χ2v) is 7.75. The van der Waals surface area contributed by atoms with E-state index in [-0.39, 0.29) is 41.7 Å². The molecule has 0 spiro atoms. The molecule has 6 nitrogen and oxygen atoms in total. The zero-order valence-electron chi connectivity index (χ0n) is 13.2. The van der Waals surface area contributed by atoms with Gasteiger partial charge in [0, 0.05) is 18.5 Å². The summed E-state index contributed by atoms with van der Waals surface area (Å²) in [5.74, 6) is -0.147. The van der Waals surface area contributed by atoms with Crippen LogP contribution in [0, 0.1) is 23.7 Å². The van der Waals surface area contributed by atoms with Crippen molar-refractivity contribution in [2.75, 3.05) is 6.54 Å². The van der Waals surface area contributed by atoms with Gasteiger partial charge in [-0.3, -0.25) is 14.4 Å². The Bertz CT molecular complexity index is 545. The number of amides is 2. The molecule has 3 saturated carbocycles. The standard InChI is InChI=1S/C17H24N2O4/c20-15(14-2-1-5-19(14)16(21)9-3-4-9)18-13-8-10-6-11(13)7-12(10)17(22)23/h9-14H,1-8H2,(H,18,20)(H,22,23)/t10-,11-,12-,13-,14+/m1/s1. The average Bonchev–Trinajstić information content (AvgIpc) is 2.96. The van der Waals surface area contributed by atoms with Gasteiger partial charge in [-0.1, -0.05) is 0 Å². The Hall–Kier alpha value is -1.59. The Kier molecular flexibility index (Phi) is 3.58. The summed E-state index contributed by atoms with van der Waals surface area (Å²) in [5, 5.41) is 12.3. The smallest absolute Gasteiger partial charge is 0.306 e. The number of hydrogen-bond donors (Lipinski definition) is 2. The molecule has 5 atom stereocenters. The minimum Gasteiger partial charge on any atom is -0.481 e. The lowest BCUT2D eigenvalue weighted by Gasteiger charge is -2.30. The van der Waals surface area contributed by atoms with E-state index in [1.165, 1.54) is 0 Å². The maximum atomic E-state index is 12.6. The summed E-state index contributed by atoms with van der Waals surface area (Å²) < 4.78 is 0. The van der Waals surface area contributed by atoms with Gasteiger partial charge in [-0.15, -0.1) is 0 Å². The molecule has 23 heavy (non-hydrogen) atoms. The average molecular weight is 320 g/mol. The van der Waals surface area contributed by atoms with Crippen molar-refractivity contribution in [3.8, 4) is 0 Å². The van der Waals surface area contributed by atoms with Gasteiger partial charge in [-0.25, -0.2) is 0 Å². The van der Waals surface area contributed by atoms with E-state index in [1.54, 1.807) is 4.90 Å². The van der Waals surface area contributed by atoms with Crippen LogP contribution in [0.25, 0.3) is 0 Å². The van der Waals surface area contributed by atoms with Gasteiger partial charge in [0.25, 0.3) is 0 Å². The number of nitrogens with zero attached hydrogens (tertiary/aromatic N) is 1. The summed E-state index contributed by atoms with van der Waals surface area (Å²) in [4.78, 5) is 37.9. The van der Waals surface area contributed by atoms with E-state index in [0.29, 0.717) is 18.9 Å². The molecule has 4 rings (SSSR count). The highest BCUT2D eigenvalue weighted by Gasteiger charge is 2.50. The number of aliphatic carboxylic acids is 1. The van der Waals surface area contributed by atoms with Crippen LogP contribution in [-0.2, 0) is 14.4 Å². The maximum absolute atomic E-state index is 12.6. The van der Waals surface area contributed by atoms with Crippen LogP contribution in [0.4, 0.5) is 0 Å². The Morgan fingerprint density at radius 2 is 1.78 bits per heavy atom. The fourth-order valence-corrected chi connectivity index (χ4v) is 4.90. The van der Waals surface area contributed by atoms with Crippen LogP contribution in [0.15, 0.2) is 0 Å². The van der Waals surface area contributed by atoms with E-state index in [1.807, 2.05) is 0 Å². The first-order valence-corrected chi connectivity index (χ1v) is 8.88. The monoisotopic (exact) mass is 320 g/mol. The molecule has 3 aliphatic carbocycles. The number of carboxylic acid groups (broad SMARTS) is 1. The van der Waals surface area contributed by atoms with Crippen molar-refractivity contribution in [3.63, 3.8) is 0 Å². The molecule has 0 unspecified atom stereocenters. The van der Waals surface area contributed by atoms with Gasteiger partial charge in [-0.2, -0.15) is 0 Å². The fraction of sp³-hybridized carbons (Fsp3) is 0.824. The van der Waals surface area contributed by atoms with Gasteiger partial charge in [0.15, 0.2) is 0 Å². The van der Waals surface area contributed by atoms with E-state index in [2.05, 4.69) is 5.32 Å². The van der Waals surface area contributed by atoms with E-state index in [9.17, 15) is 19.5 Å². The molecule has 4 aliphatic rings. The van der Waals surface area contributed by atoms with Crippen molar-refractivity contribution in [2.45, 2.75) is 57.0 Å². The van der Waals surface area contributed by atoms with Crippen LogP contribution in [0.5, 0.6) is 0 Å². The number of carboxylic acids is 1. The molecule has 2 amide bonds. The number of rotatable bonds is 4. The molecule has 1 aliphatic heterocycles. The van der Waals surface area contributed by atoms with E-state index in [0.717, 1.165) is 38.5 Å². The normalized spacial score (nSPS) is 38.8. The Morgan fingerprint density at radius 1 is 1.00 bits per heavy atom. The van der Waals surface area contributed by atoms with E-state index >= 15 is 0 Å². The first-order chi connectivity index (χ1) is 11.0. The predicted octanol–water partition coefficient (Wildman–Crippen LogP) is 1.00. The highest BCUT2D eigenvalue weighted by atomic mass is 16.4. The second kappa shape index (κ2) is 5.49. The van der Waals surface area contributed by atoms with Crippen molar-refractivity contribution in [1.29, 1.82) is 0 Å². The van der Waals surface area contributed by atoms with Crippen molar-refractivity contribution in [3.05, 3.63) is 0 Å². The molecular weight excluding hydrogens is 296 g/mol. The third-order valence-electron chi connectivity index (χ3n) is 6.27. The summed E-state index contributed by atoms with van der Waals surface area (Å²) in [6, 6.07) is -0.209. The van der Waals surface area contributed by atoms with Gasteiger partial charge >= 0.3 is 5.97 Å². The highest BCUT2D eigenvalue weighted by Crippen LogP contribution is 2.48. The van der Waals surface area contributed by atoms with Gasteiger partial charge in [-0.05, 0) is 56.8 Å². The van der Waals surface area contributed by atoms with Crippen molar-refractivity contribution >= 4 is 17.8 Å². The van der Waals surface area contributed by atoms with Crippen LogP contribution in [0.2, 0.25) is 0 Å². The molecular formula is C17H24N2O4. The molecule has 6 heteroatoms. The Morgan fingerprint density at radius 3 is 2.39 bits per heavy atom. The molecule has 1 saturated heterocycles. The SMILES string of the molecule is O=C(O)[C@@H]1C[C@H]2C[C@@H]1C[C@H]2NC(=O)[C@@H]1CCCN1C(=O)C1CC1. The lowest BCUT2D eigenvalue weighted by atomic mass is 9.86. The highest BCUT2D eigenvalue weighted by molar-refractivity contribution is 5.90. The van der Waals surface area contributed by atoms with E-state index in [4.69, 9.17) is 0 Å². The van der Waals surface area contributed by atoms with Crippen molar-refractivity contribution in [2.24, 2.45) is 23.7 Å². The lowest BCUT2D eigenvalue weighted by molar-refractivity contribution is -0.144. The minimum atomic E-state index is -0.695. The van der Waals surface area contributed by atoms with Crippen LogP contribution < -0.4 is 5.32 Å². The molecule has 0 aromatic rings. The number of carbonyl (C=O) groups excluding carboxylic acids is 2. The van der Waals surface area contributed by atoms with Crippen LogP contribution >= 0.6 is 0 Å². The Balaban J connectivity index is 1.35. The predicted molar refractivity (Wildman–Crippen MR) is 81.3 cm³/mol. The fourth-order valence-electron chi connectivity index (χ4n) is 4.90. The molecule has 0 aromatic carbocycles. The first kappa shape index (κ1) is 15.0. The second-order valence-electron chi connectivity index (χ2n) is 7.75. The zero-order valence-corrected chi connectivity index (χ0v) is 13.2. The number of fused-ring (bicyclic) bond motifs is 2. The number of carbonyl (C=O) groups is 3. The van der Waals surface area contributed by atoms with E-state index < -0.39 is 5.97 Å². The quantitative estimate of drug-likeness (QED) is 0.809. The summed E-state index contributed by atoms with van der Waals surface area (Å²) in [6.07, 6.45) is 5.95. The van der Waals surface area contributed by atoms with Crippen LogP contribution in [-0.4, -0.2) is 46.4 Å². The molecule has 0 aromatic heterocycles. The van der Waals surface area contributed by atoms with Crippen LogP contribution in [0.3, 0.4) is 0 Å². The zero-order chi connectivity index (χ0) is 16.1. The largest absolute Gasteiger partial charge is 0.481 e. The number of likely N-dealkylation sites (tertiary alicyclic amines) is 1. The number of hydrogen-bond acceptors (Lipinski definition) is 3. The summed E-state index contributed by atoms with van der Waals surface area (Å²) in [6.45, 7) is 0.700. The molecule has 4 fully saturated rings. The first-order valence-electron chi connectivity index (χ1n) is 8.88. The van der Waals surface area contributed by atoms with Crippen molar-refractivity contribution < 1.29 is 19.5 Å². The molecule has 0 radical (unpaired) electrons. The Labute approximate surface area is 135 Å². The minimum absolute atomic E-state index is 0.0269. The molecule has 1 heterocycles. The van der Waals surface area contributed by atoms with Crippen molar-refractivity contribution in [1.82, 2.24) is 10.2 Å².